The van der Waals surface area contributed by atoms with E-state index in [0.717, 1.165) is 5.56 Å². The smallest absolute Gasteiger partial charge is 0.337 e. The van der Waals surface area contributed by atoms with E-state index in [0.29, 0.717) is 5.56 Å². The average molecular weight is 274 g/mol. The first-order valence-corrected chi connectivity index (χ1v) is 6.16. The summed E-state index contributed by atoms with van der Waals surface area (Å²) in [6, 6.07) is 7.66. The molecule has 0 aliphatic heterocycles. The zero-order valence-corrected chi connectivity index (χ0v) is 11.3. The second-order valence-electron chi connectivity index (χ2n) is 4.33. The summed E-state index contributed by atoms with van der Waals surface area (Å²) >= 11 is 0. The molecule has 1 heterocycles. The fourth-order valence-corrected chi connectivity index (χ4v) is 1.85. The first-order chi connectivity index (χ1) is 9.61. The van der Waals surface area contributed by atoms with E-state index in [1.54, 1.807) is 12.4 Å². The Morgan fingerprint density at radius 3 is 2.65 bits per heavy atom. The maximum atomic E-state index is 13.8. The Hall–Kier alpha value is -2.43. The summed E-state index contributed by atoms with van der Waals surface area (Å²) in [5, 5.41) is 3.04. The molecule has 0 aliphatic rings. The van der Waals surface area contributed by atoms with Crippen LogP contribution in [0.2, 0.25) is 0 Å². The zero-order chi connectivity index (χ0) is 14.5. The van der Waals surface area contributed by atoms with Crippen LogP contribution < -0.4 is 5.32 Å². The minimum absolute atomic E-state index is 0.111. The van der Waals surface area contributed by atoms with Crippen LogP contribution in [0.5, 0.6) is 0 Å². The minimum atomic E-state index is -0.496. The number of ether oxygens (including phenoxy) is 1. The maximum Gasteiger partial charge on any atom is 0.337 e. The molecule has 20 heavy (non-hydrogen) atoms. The number of pyridine rings is 1. The van der Waals surface area contributed by atoms with Gasteiger partial charge in [-0.25, -0.2) is 9.18 Å². The van der Waals surface area contributed by atoms with Gasteiger partial charge >= 0.3 is 5.97 Å². The molecule has 1 unspecified atom stereocenters. The van der Waals surface area contributed by atoms with Gasteiger partial charge in [0.05, 0.1) is 18.4 Å². The number of methoxy groups -OCH3 is 1. The number of anilines is 1. The van der Waals surface area contributed by atoms with Crippen LogP contribution in [-0.4, -0.2) is 18.1 Å². The monoisotopic (exact) mass is 274 g/mol. The summed E-state index contributed by atoms with van der Waals surface area (Å²) in [6.07, 6.45) is 3.35. The molecule has 2 aromatic rings. The second-order valence-corrected chi connectivity index (χ2v) is 4.33. The van der Waals surface area contributed by atoms with Gasteiger partial charge in [0.1, 0.15) is 5.82 Å². The zero-order valence-electron chi connectivity index (χ0n) is 11.3. The normalized spacial score (nSPS) is 11.8. The Labute approximate surface area is 116 Å². The molecule has 0 aliphatic carbocycles. The number of rotatable bonds is 4. The number of benzene rings is 1. The van der Waals surface area contributed by atoms with Crippen molar-refractivity contribution in [3.8, 4) is 0 Å². The molecule has 0 saturated heterocycles. The predicted octanol–water partition coefficient (Wildman–Crippen LogP) is 3.18. The van der Waals surface area contributed by atoms with Crippen LogP contribution in [0.1, 0.15) is 28.9 Å². The third kappa shape index (κ3) is 3.12. The van der Waals surface area contributed by atoms with Gasteiger partial charge in [-0.15, -0.1) is 0 Å². The van der Waals surface area contributed by atoms with Gasteiger partial charge in [-0.1, -0.05) is 0 Å². The molecule has 2 rings (SSSR count). The lowest BCUT2D eigenvalue weighted by Gasteiger charge is -2.16. The van der Waals surface area contributed by atoms with Crippen molar-refractivity contribution >= 4 is 11.7 Å². The SMILES string of the molecule is COC(=O)c1ccc(F)c(NC(C)c2ccncc2)c1. The van der Waals surface area contributed by atoms with Crippen LogP contribution in [0.25, 0.3) is 0 Å². The number of nitrogens with one attached hydrogen (secondary N) is 1. The molecule has 1 aromatic heterocycles. The van der Waals surface area contributed by atoms with Crippen molar-refractivity contribution in [1.29, 1.82) is 0 Å². The van der Waals surface area contributed by atoms with Crippen LogP contribution >= 0.6 is 0 Å². The highest BCUT2D eigenvalue weighted by Gasteiger charge is 2.12. The number of carbonyl (C=O) groups excluding carboxylic acids is 1. The summed E-state index contributed by atoms with van der Waals surface area (Å²) in [6.45, 7) is 1.90. The summed E-state index contributed by atoms with van der Waals surface area (Å²) in [4.78, 5) is 15.4. The lowest BCUT2D eigenvalue weighted by Crippen LogP contribution is -2.09. The predicted molar refractivity (Wildman–Crippen MR) is 74.0 cm³/mol. The topological polar surface area (TPSA) is 51.2 Å². The van der Waals surface area contributed by atoms with Crippen molar-refractivity contribution < 1.29 is 13.9 Å². The number of nitrogens with zero attached hydrogens (tertiary/aromatic N) is 1. The highest BCUT2D eigenvalue weighted by molar-refractivity contribution is 5.90. The minimum Gasteiger partial charge on any atom is -0.465 e. The Morgan fingerprint density at radius 1 is 1.30 bits per heavy atom. The Bertz CT molecular complexity index is 602. The van der Waals surface area contributed by atoms with Crippen molar-refractivity contribution in [2.75, 3.05) is 12.4 Å². The molecule has 4 nitrogen and oxygen atoms in total. The maximum absolute atomic E-state index is 13.8. The Kier molecular flexibility index (Phi) is 4.30. The first kappa shape index (κ1) is 14.0. The molecule has 0 amide bonds. The lowest BCUT2D eigenvalue weighted by molar-refractivity contribution is 0.0600. The number of hydrogen-bond acceptors (Lipinski definition) is 4. The highest BCUT2D eigenvalue weighted by atomic mass is 19.1. The molecular weight excluding hydrogens is 259 g/mol. The molecule has 104 valence electrons. The number of hydrogen-bond donors (Lipinski definition) is 1. The number of carbonyl (C=O) groups is 1. The number of halogens is 1. The van der Waals surface area contributed by atoms with Gasteiger partial charge in [0, 0.05) is 18.4 Å². The molecular formula is C15H15FN2O2. The average Bonchev–Trinajstić information content (AvgIpc) is 2.49. The van der Waals surface area contributed by atoms with Gasteiger partial charge < -0.3 is 10.1 Å². The van der Waals surface area contributed by atoms with E-state index in [2.05, 4.69) is 15.0 Å². The van der Waals surface area contributed by atoms with Gasteiger partial charge in [-0.2, -0.15) is 0 Å². The van der Waals surface area contributed by atoms with Crippen LogP contribution in [0, 0.1) is 5.82 Å². The van der Waals surface area contributed by atoms with E-state index in [-0.39, 0.29) is 11.7 Å². The molecule has 0 saturated carbocycles. The van der Waals surface area contributed by atoms with Crippen LogP contribution in [0.4, 0.5) is 10.1 Å². The standard InChI is InChI=1S/C15H15FN2O2/c1-10(11-5-7-17-8-6-11)18-14-9-12(15(19)20-2)3-4-13(14)16/h3-10,18H,1-2H3. The van der Waals surface area contributed by atoms with Crippen molar-refractivity contribution in [2.24, 2.45) is 0 Å². The van der Waals surface area contributed by atoms with E-state index >= 15 is 0 Å². The number of esters is 1. The lowest BCUT2D eigenvalue weighted by atomic mass is 10.1. The van der Waals surface area contributed by atoms with Gasteiger partial charge in [-0.05, 0) is 42.8 Å². The quantitative estimate of drug-likeness (QED) is 0.870. The van der Waals surface area contributed by atoms with Crippen molar-refractivity contribution in [1.82, 2.24) is 4.98 Å². The largest absolute Gasteiger partial charge is 0.465 e. The number of aromatic nitrogens is 1. The van der Waals surface area contributed by atoms with Crippen molar-refractivity contribution in [3.63, 3.8) is 0 Å². The molecule has 1 aromatic carbocycles. The molecule has 1 N–H and O–H groups in total. The van der Waals surface area contributed by atoms with Crippen molar-refractivity contribution in [3.05, 3.63) is 59.7 Å². The molecule has 0 fully saturated rings. The fraction of sp³-hybridized carbons (Fsp3) is 0.200. The molecule has 5 heteroatoms. The molecule has 0 radical (unpaired) electrons. The third-order valence-corrected chi connectivity index (χ3v) is 2.97. The summed E-state index contributed by atoms with van der Waals surface area (Å²) < 4.78 is 18.4. The van der Waals surface area contributed by atoms with E-state index in [4.69, 9.17) is 0 Å². The van der Waals surface area contributed by atoms with Gasteiger partial charge in [0.25, 0.3) is 0 Å². The summed E-state index contributed by atoms with van der Waals surface area (Å²) in [5.41, 5.74) is 1.54. The molecule has 0 spiro atoms. The summed E-state index contributed by atoms with van der Waals surface area (Å²) in [7, 11) is 1.29. The summed E-state index contributed by atoms with van der Waals surface area (Å²) in [5.74, 6) is -0.914. The van der Waals surface area contributed by atoms with E-state index in [9.17, 15) is 9.18 Å². The van der Waals surface area contributed by atoms with Gasteiger partial charge in [0.15, 0.2) is 0 Å². The van der Waals surface area contributed by atoms with Crippen LogP contribution in [0.3, 0.4) is 0 Å². The van der Waals surface area contributed by atoms with Crippen LogP contribution in [-0.2, 0) is 4.74 Å². The van der Waals surface area contributed by atoms with E-state index in [1.165, 1.54) is 25.3 Å². The second kappa shape index (κ2) is 6.14. The Balaban J connectivity index is 2.22. The van der Waals surface area contributed by atoms with E-state index in [1.807, 2.05) is 19.1 Å². The van der Waals surface area contributed by atoms with Gasteiger partial charge in [-0.3, -0.25) is 4.98 Å². The van der Waals surface area contributed by atoms with Crippen LogP contribution in [0.15, 0.2) is 42.7 Å². The fourth-order valence-electron chi connectivity index (χ4n) is 1.85. The van der Waals surface area contributed by atoms with Gasteiger partial charge in [0.2, 0.25) is 0 Å². The van der Waals surface area contributed by atoms with Crippen molar-refractivity contribution in [2.45, 2.75) is 13.0 Å². The Morgan fingerprint density at radius 2 is 2.00 bits per heavy atom. The molecule has 1 atom stereocenters. The molecule has 0 bridgehead atoms. The first-order valence-electron chi connectivity index (χ1n) is 6.16. The van der Waals surface area contributed by atoms with E-state index < -0.39 is 11.8 Å². The highest BCUT2D eigenvalue weighted by Crippen LogP contribution is 2.22. The third-order valence-electron chi connectivity index (χ3n) is 2.97.